The molecule has 0 radical (unpaired) electrons. The van der Waals surface area contributed by atoms with Crippen LogP contribution in [-0.4, -0.2) is 73.0 Å². The normalized spacial score (nSPS) is 16.8. The third-order valence-electron chi connectivity index (χ3n) is 3.30. The van der Waals surface area contributed by atoms with E-state index in [1.165, 1.54) is 0 Å². The van der Waals surface area contributed by atoms with Gasteiger partial charge in [-0.3, -0.25) is 19.2 Å². The van der Waals surface area contributed by atoms with Crippen LogP contribution in [0.2, 0.25) is 0 Å². The Morgan fingerprint density at radius 3 is 1.44 bits per heavy atom. The van der Waals surface area contributed by atoms with E-state index >= 15 is 0 Å². The summed E-state index contributed by atoms with van der Waals surface area (Å²) in [5, 5.41) is 35.2. The van der Waals surface area contributed by atoms with Crippen LogP contribution in [0.3, 0.4) is 0 Å². The molecule has 0 amide bonds. The molecule has 0 saturated heterocycles. The van der Waals surface area contributed by atoms with Gasteiger partial charge in [-0.1, -0.05) is 0 Å². The number of hydrogen-bond acceptors (Lipinski definition) is 9. The number of Topliss-reactive ketones (excluding diaryl/α,β-unsaturated/α-hetero) is 2. The van der Waals surface area contributed by atoms with E-state index in [0.29, 0.717) is 0 Å². The van der Waals surface area contributed by atoms with Crippen LogP contribution >= 0.6 is 0 Å². The molecule has 0 heterocycles. The highest BCUT2D eigenvalue weighted by atomic mass is 16.4. The summed E-state index contributed by atoms with van der Waals surface area (Å²) in [5.41, 5.74) is 9.97. The summed E-state index contributed by atoms with van der Waals surface area (Å²) in [6.45, 7) is 0. The molecular weight excluding hydrogens is 346 g/mol. The molecule has 0 bridgehead atoms. The molecule has 0 rings (SSSR count). The molecule has 3 atom stereocenters. The zero-order valence-electron chi connectivity index (χ0n) is 12.7. The van der Waals surface area contributed by atoms with Crippen molar-refractivity contribution in [1.82, 2.24) is 0 Å². The van der Waals surface area contributed by atoms with E-state index < -0.39 is 71.8 Å². The fourth-order valence-corrected chi connectivity index (χ4v) is 1.84. The molecule has 0 saturated carbocycles. The summed E-state index contributed by atoms with van der Waals surface area (Å²) in [6.07, 6.45) is -3.81. The number of aliphatic carboxylic acids is 4. The van der Waals surface area contributed by atoms with Crippen LogP contribution in [0.15, 0.2) is 0 Å². The molecule has 0 aromatic rings. The highest BCUT2D eigenvalue weighted by Gasteiger charge is 2.49. The van der Waals surface area contributed by atoms with Gasteiger partial charge < -0.3 is 37.6 Å². The molecule has 13 nitrogen and oxygen atoms in total. The van der Waals surface area contributed by atoms with Crippen molar-refractivity contribution >= 4 is 35.4 Å². The Bertz CT molecular complexity index is 633. The quantitative estimate of drug-likeness (QED) is 0.175. The van der Waals surface area contributed by atoms with Crippen molar-refractivity contribution in [3.05, 3.63) is 0 Å². The summed E-state index contributed by atoms with van der Waals surface area (Å²) in [4.78, 5) is 67.5. The molecule has 0 aromatic carbocycles. The van der Waals surface area contributed by atoms with E-state index in [-0.39, 0.29) is 0 Å². The minimum Gasteiger partial charge on any atom is -0.481 e. The monoisotopic (exact) mass is 363 g/mol. The molecule has 140 valence electrons. The van der Waals surface area contributed by atoms with Gasteiger partial charge in [0.05, 0.1) is 18.9 Å². The number of carboxylic acids is 4. The fourth-order valence-electron chi connectivity index (χ4n) is 1.84. The number of carbonyl (C=O) groups excluding carboxylic acids is 2. The minimum atomic E-state index is -2.96. The van der Waals surface area contributed by atoms with Crippen LogP contribution in [0, 0.1) is 0 Å². The van der Waals surface area contributed by atoms with Gasteiger partial charge in [-0.2, -0.15) is 0 Å². The van der Waals surface area contributed by atoms with Gasteiger partial charge in [-0.25, -0.2) is 9.59 Å². The lowest BCUT2D eigenvalue weighted by Gasteiger charge is -2.26. The van der Waals surface area contributed by atoms with Crippen LogP contribution in [0.25, 0.3) is 0 Å². The predicted octanol–water partition coefficient (Wildman–Crippen LogP) is -3.64. The van der Waals surface area contributed by atoms with E-state index in [4.69, 9.17) is 37.6 Å². The third kappa shape index (κ3) is 5.03. The van der Waals surface area contributed by atoms with E-state index in [1.54, 1.807) is 0 Å². The zero-order chi connectivity index (χ0) is 20.2. The second-order valence-corrected chi connectivity index (χ2v) is 5.29. The van der Waals surface area contributed by atoms with E-state index in [1.807, 2.05) is 0 Å². The van der Waals surface area contributed by atoms with Crippen molar-refractivity contribution < 1.29 is 49.2 Å². The van der Waals surface area contributed by atoms with Crippen LogP contribution in [0.5, 0.6) is 0 Å². The zero-order valence-corrected chi connectivity index (χ0v) is 12.7. The smallest absolute Gasteiger partial charge is 0.332 e. The Morgan fingerprint density at radius 2 is 1.12 bits per heavy atom. The first kappa shape index (κ1) is 22.1. The van der Waals surface area contributed by atoms with Crippen molar-refractivity contribution in [2.45, 2.75) is 36.4 Å². The maximum Gasteiger partial charge on any atom is 0.332 e. The summed E-state index contributed by atoms with van der Waals surface area (Å²) in [5.74, 6) is -10.5. The van der Waals surface area contributed by atoms with Gasteiger partial charge in [0.2, 0.25) is 0 Å². The second kappa shape index (κ2) is 7.78. The van der Waals surface area contributed by atoms with E-state index in [9.17, 15) is 28.8 Å². The van der Waals surface area contributed by atoms with Crippen LogP contribution in [0.1, 0.15) is 19.3 Å². The van der Waals surface area contributed by atoms with Gasteiger partial charge in [0.15, 0.2) is 22.6 Å². The fraction of sp³-hybridized carbons (Fsp3) is 0.500. The molecule has 3 unspecified atom stereocenters. The van der Waals surface area contributed by atoms with E-state index in [2.05, 4.69) is 0 Å². The van der Waals surface area contributed by atoms with E-state index in [0.717, 1.165) is 0 Å². The Balaban J connectivity index is 5.51. The number of ketones is 2. The maximum absolute atomic E-state index is 12.0. The predicted molar refractivity (Wildman–Crippen MR) is 76.2 cm³/mol. The number of carboxylic acid groups (broad SMARTS) is 4. The Morgan fingerprint density at radius 1 is 0.760 bits per heavy atom. The van der Waals surface area contributed by atoms with Gasteiger partial charge in [0.25, 0.3) is 0 Å². The molecule has 0 fully saturated rings. The van der Waals surface area contributed by atoms with Crippen LogP contribution in [0.4, 0.5) is 0 Å². The highest BCUT2D eigenvalue weighted by molar-refractivity contribution is 6.15. The van der Waals surface area contributed by atoms with Crippen LogP contribution in [-0.2, 0) is 28.8 Å². The first-order chi connectivity index (χ1) is 11.2. The maximum atomic E-state index is 12.0. The number of hydrogen-bond donors (Lipinski definition) is 7. The SMILES string of the molecule is NC(CC(=O)C(N)(CC(=O)O)C(=O)O)C(=O)C(N)(CC(=O)O)C(=O)O. The van der Waals surface area contributed by atoms with Crippen molar-refractivity contribution in [2.24, 2.45) is 17.2 Å². The summed E-state index contributed by atoms with van der Waals surface area (Å²) in [6, 6.07) is -2.01. The molecule has 0 aromatic heterocycles. The van der Waals surface area contributed by atoms with Crippen molar-refractivity contribution in [1.29, 1.82) is 0 Å². The lowest BCUT2D eigenvalue weighted by atomic mass is 9.82. The average molecular weight is 363 g/mol. The topological polar surface area (TPSA) is 261 Å². The lowest BCUT2D eigenvalue weighted by molar-refractivity contribution is -0.156. The van der Waals surface area contributed by atoms with Gasteiger partial charge in [-0.15, -0.1) is 0 Å². The highest BCUT2D eigenvalue weighted by Crippen LogP contribution is 2.17. The number of nitrogens with two attached hydrogens (primary N) is 3. The summed E-state index contributed by atoms with van der Waals surface area (Å²) >= 11 is 0. The molecule has 13 heteroatoms. The van der Waals surface area contributed by atoms with Crippen LogP contribution < -0.4 is 17.2 Å². The third-order valence-corrected chi connectivity index (χ3v) is 3.30. The van der Waals surface area contributed by atoms with Crippen molar-refractivity contribution in [2.75, 3.05) is 0 Å². The minimum absolute atomic E-state index is 1.15. The molecule has 10 N–H and O–H groups in total. The molecule has 0 aliphatic heterocycles. The standard InChI is InChI=1S/C12H17N3O10/c13-4(8(21)12(15,10(24)25)3-7(19)20)1-5(16)11(14,9(22)23)2-6(17)18/h4H,1-3,13-15H2,(H,17,18)(H,19,20)(H,22,23)(H,24,25). The number of carbonyl (C=O) groups is 6. The Labute approximate surface area is 139 Å². The van der Waals surface area contributed by atoms with Crippen molar-refractivity contribution in [3.63, 3.8) is 0 Å². The summed E-state index contributed by atoms with van der Waals surface area (Å²) < 4.78 is 0. The molecular formula is C12H17N3O10. The van der Waals surface area contributed by atoms with Gasteiger partial charge in [0, 0.05) is 6.42 Å². The first-order valence-electron chi connectivity index (χ1n) is 6.49. The van der Waals surface area contributed by atoms with Gasteiger partial charge in [-0.05, 0) is 0 Å². The number of rotatable bonds is 11. The first-order valence-corrected chi connectivity index (χ1v) is 6.49. The summed E-state index contributed by atoms with van der Waals surface area (Å²) in [7, 11) is 0. The Kier molecular flexibility index (Phi) is 6.88. The van der Waals surface area contributed by atoms with Crippen molar-refractivity contribution in [3.8, 4) is 0 Å². The molecule has 25 heavy (non-hydrogen) atoms. The second-order valence-electron chi connectivity index (χ2n) is 5.29. The molecule has 0 aliphatic carbocycles. The average Bonchev–Trinajstić information content (AvgIpc) is 2.43. The largest absolute Gasteiger partial charge is 0.481 e. The molecule has 0 spiro atoms. The Hall–Kier alpha value is -2.90. The van der Waals surface area contributed by atoms with Gasteiger partial charge >= 0.3 is 23.9 Å². The lowest BCUT2D eigenvalue weighted by Crippen LogP contribution is -2.63. The molecule has 0 aliphatic rings. The van der Waals surface area contributed by atoms with Gasteiger partial charge in [0.1, 0.15) is 0 Å².